The Kier molecular flexibility index (Phi) is 6.06. The van der Waals surface area contributed by atoms with Crippen molar-refractivity contribution < 1.29 is 13.4 Å². The molecule has 3 aromatic rings. The van der Waals surface area contributed by atoms with Gasteiger partial charge >= 0.3 is 0 Å². The van der Waals surface area contributed by atoms with Crippen molar-refractivity contribution in [2.75, 3.05) is 0 Å². The molecule has 0 saturated carbocycles. The third-order valence-electron chi connectivity index (χ3n) is 3.81. The molecule has 0 aliphatic carbocycles. The standard InChI is InChI=1S/C20H18BrNO3S/c1-14-5-4-7-17(11-14)26(24)13-16-9-10-19(25-16)20(23)22-12-15-6-2-3-8-18(15)21/h2-11H,12-13H2,1H3,(H,22,23). The summed E-state index contributed by atoms with van der Waals surface area (Å²) in [5, 5.41) is 2.82. The van der Waals surface area contributed by atoms with Gasteiger partial charge < -0.3 is 9.73 Å². The molecule has 0 radical (unpaired) electrons. The van der Waals surface area contributed by atoms with E-state index in [0.717, 1.165) is 20.5 Å². The first-order valence-corrected chi connectivity index (χ1v) is 10.2. The highest BCUT2D eigenvalue weighted by Crippen LogP contribution is 2.17. The number of amides is 1. The van der Waals surface area contributed by atoms with Crippen LogP contribution in [-0.4, -0.2) is 10.1 Å². The number of benzene rings is 2. The Morgan fingerprint density at radius 2 is 1.92 bits per heavy atom. The van der Waals surface area contributed by atoms with Gasteiger partial charge in [-0.05, 0) is 48.4 Å². The number of rotatable bonds is 6. The molecule has 3 rings (SSSR count). The maximum absolute atomic E-state index is 12.4. The van der Waals surface area contributed by atoms with Gasteiger partial charge in [-0.25, -0.2) is 0 Å². The number of carbonyl (C=O) groups is 1. The predicted molar refractivity (Wildman–Crippen MR) is 105 cm³/mol. The largest absolute Gasteiger partial charge is 0.455 e. The van der Waals surface area contributed by atoms with E-state index in [2.05, 4.69) is 21.2 Å². The fraction of sp³-hybridized carbons (Fsp3) is 0.150. The highest BCUT2D eigenvalue weighted by molar-refractivity contribution is 9.10. The maximum atomic E-state index is 12.4. The van der Waals surface area contributed by atoms with Crippen molar-refractivity contribution in [1.82, 2.24) is 5.32 Å². The van der Waals surface area contributed by atoms with Gasteiger partial charge in [-0.1, -0.05) is 46.3 Å². The van der Waals surface area contributed by atoms with Crippen LogP contribution in [0, 0.1) is 6.92 Å². The monoisotopic (exact) mass is 431 g/mol. The zero-order valence-electron chi connectivity index (χ0n) is 14.2. The van der Waals surface area contributed by atoms with E-state index in [1.54, 1.807) is 12.1 Å². The topological polar surface area (TPSA) is 59.3 Å². The molecule has 0 bridgehead atoms. The van der Waals surface area contributed by atoms with E-state index >= 15 is 0 Å². The maximum Gasteiger partial charge on any atom is 0.287 e. The summed E-state index contributed by atoms with van der Waals surface area (Å²) < 4.78 is 18.9. The molecule has 134 valence electrons. The average molecular weight is 432 g/mol. The molecule has 1 N–H and O–H groups in total. The molecule has 0 aliphatic rings. The Balaban J connectivity index is 1.61. The molecule has 26 heavy (non-hydrogen) atoms. The summed E-state index contributed by atoms with van der Waals surface area (Å²) in [7, 11) is -1.21. The highest BCUT2D eigenvalue weighted by atomic mass is 79.9. The van der Waals surface area contributed by atoms with Gasteiger partial charge in [0.25, 0.3) is 5.91 Å². The summed E-state index contributed by atoms with van der Waals surface area (Å²) >= 11 is 3.45. The van der Waals surface area contributed by atoms with Gasteiger partial charge in [0, 0.05) is 15.9 Å². The van der Waals surface area contributed by atoms with Crippen molar-refractivity contribution in [3.05, 3.63) is 87.8 Å². The Labute approximate surface area is 163 Å². The van der Waals surface area contributed by atoms with Crippen molar-refractivity contribution in [2.45, 2.75) is 24.1 Å². The fourth-order valence-electron chi connectivity index (χ4n) is 2.45. The molecule has 4 nitrogen and oxygen atoms in total. The number of furan rings is 1. The quantitative estimate of drug-likeness (QED) is 0.620. The molecule has 1 amide bonds. The summed E-state index contributed by atoms with van der Waals surface area (Å²) in [4.78, 5) is 13.0. The van der Waals surface area contributed by atoms with Crippen LogP contribution < -0.4 is 5.32 Å². The van der Waals surface area contributed by atoms with E-state index in [9.17, 15) is 9.00 Å². The molecule has 0 aliphatic heterocycles. The zero-order chi connectivity index (χ0) is 18.5. The van der Waals surface area contributed by atoms with Gasteiger partial charge in [-0.2, -0.15) is 0 Å². The molecular formula is C20H18BrNO3S. The molecular weight excluding hydrogens is 414 g/mol. The Morgan fingerprint density at radius 3 is 2.69 bits per heavy atom. The second kappa shape index (κ2) is 8.47. The summed E-state index contributed by atoms with van der Waals surface area (Å²) in [6, 6.07) is 18.6. The summed E-state index contributed by atoms with van der Waals surface area (Å²) in [5.74, 6) is 0.679. The molecule has 1 atom stereocenters. The second-order valence-electron chi connectivity index (χ2n) is 5.85. The van der Waals surface area contributed by atoms with Gasteiger partial charge in [-0.3, -0.25) is 9.00 Å². The van der Waals surface area contributed by atoms with Crippen molar-refractivity contribution in [2.24, 2.45) is 0 Å². The van der Waals surface area contributed by atoms with Gasteiger partial charge in [0.1, 0.15) is 5.76 Å². The first-order valence-electron chi connectivity index (χ1n) is 8.08. The van der Waals surface area contributed by atoms with Gasteiger partial charge in [0.05, 0.1) is 16.6 Å². The Bertz CT molecular complexity index is 951. The minimum atomic E-state index is -1.21. The number of nitrogens with one attached hydrogen (secondary N) is 1. The van der Waals surface area contributed by atoms with Gasteiger partial charge in [-0.15, -0.1) is 0 Å². The molecule has 6 heteroatoms. The molecule has 0 fully saturated rings. The van der Waals surface area contributed by atoms with E-state index in [1.165, 1.54) is 0 Å². The Hall–Kier alpha value is -2.18. The van der Waals surface area contributed by atoms with E-state index in [-0.39, 0.29) is 17.4 Å². The molecule has 0 saturated heterocycles. The number of aryl methyl sites for hydroxylation is 1. The van der Waals surface area contributed by atoms with Crippen LogP contribution in [0.2, 0.25) is 0 Å². The number of halogens is 1. The van der Waals surface area contributed by atoms with Crippen molar-refractivity contribution in [3.8, 4) is 0 Å². The summed E-state index contributed by atoms with van der Waals surface area (Å²) in [6.45, 7) is 2.35. The van der Waals surface area contributed by atoms with Crippen LogP contribution in [0.4, 0.5) is 0 Å². The van der Waals surface area contributed by atoms with Crippen molar-refractivity contribution in [1.29, 1.82) is 0 Å². The number of hydrogen-bond acceptors (Lipinski definition) is 3. The fourth-order valence-corrected chi connectivity index (χ4v) is 4.00. The van der Waals surface area contributed by atoms with Crippen molar-refractivity contribution in [3.63, 3.8) is 0 Å². The first kappa shape index (κ1) is 18.6. The molecule has 2 aromatic carbocycles. The lowest BCUT2D eigenvalue weighted by atomic mass is 10.2. The lowest BCUT2D eigenvalue weighted by Crippen LogP contribution is -2.22. The van der Waals surface area contributed by atoms with E-state index < -0.39 is 10.8 Å². The van der Waals surface area contributed by atoms with Crippen LogP contribution in [-0.2, 0) is 23.1 Å². The minimum Gasteiger partial charge on any atom is -0.455 e. The zero-order valence-corrected chi connectivity index (χ0v) is 16.6. The van der Waals surface area contributed by atoms with Crippen LogP contribution >= 0.6 is 15.9 Å². The predicted octanol–water partition coefficient (Wildman–Crippen LogP) is 4.59. The van der Waals surface area contributed by atoms with Crippen molar-refractivity contribution >= 4 is 32.6 Å². The van der Waals surface area contributed by atoms with E-state index in [4.69, 9.17) is 4.42 Å². The lowest BCUT2D eigenvalue weighted by molar-refractivity contribution is 0.0921. The molecule has 1 heterocycles. The van der Waals surface area contributed by atoms with E-state index in [1.807, 2.05) is 55.5 Å². The summed E-state index contributed by atoms with van der Waals surface area (Å²) in [6.07, 6.45) is 0. The lowest BCUT2D eigenvalue weighted by Gasteiger charge is -2.05. The van der Waals surface area contributed by atoms with Crippen LogP contribution in [0.1, 0.15) is 27.4 Å². The minimum absolute atomic E-state index is 0.216. The van der Waals surface area contributed by atoms with Crippen LogP contribution in [0.3, 0.4) is 0 Å². The number of carbonyl (C=O) groups excluding carboxylic acids is 1. The normalized spacial score (nSPS) is 11.9. The van der Waals surface area contributed by atoms with Crippen LogP contribution in [0.15, 0.2) is 74.4 Å². The third kappa shape index (κ3) is 4.71. The molecule has 0 spiro atoms. The smallest absolute Gasteiger partial charge is 0.287 e. The molecule has 1 aromatic heterocycles. The van der Waals surface area contributed by atoms with Gasteiger partial charge in [0.2, 0.25) is 0 Å². The highest BCUT2D eigenvalue weighted by Gasteiger charge is 2.14. The van der Waals surface area contributed by atoms with Crippen LogP contribution in [0.5, 0.6) is 0 Å². The van der Waals surface area contributed by atoms with Gasteiger partial charge in [0.15, 0.2) is 5.76 Å². The average Bonchev–Trinajstić information content (AvgIpc) is 3.09. The Morgan fingerprint density at radius 1 is 1.12 bits per heavy atom. The first-order chi connectivity index (χ1) is 12.5. The van der Waals surface area contributed by atoms with Crippen LogP contribution in [0.25, 0.3) is 0 Å². The SMILES string of the molecule is Cc1cccc(S(=O)Cc2ccc(C(=O)NCc3ccccc3Br)o2)c1. The summed E-state index contributed by atoms with van der Waals surface area (Å²) in [5.41, 5.74) is 2.04. The van der Waals surface area contributed by atoms with E-state index in [0.29, 0.717) is 12.3 Å². The third-order valence-corrected chi connectivity index (χ3v) is 5.91. The molecule has 1 unspecified atom stereocenters. The number of hydrogen-bond donors (Lipinski definition) is 1. The second-order valence-corrected chi connectivity index (χ2v) is 8.15.